The van der Waals surface area contributed by atoms with Gasteiger partial charge < -0.3 is 9.80 Å². The predicted octanol–water partition coefficient (Wildman–Crippen LogP) is 4.11. The van der Waals surface area contributed by atoms with Crippen molar-refractivity contribution >= 4 is 0 Å². The summed E-state index contributed by atoms with van der Waals surface area (Å²) in [5.74, 6) is 0. The Kier molecular flexibility index (Phi) is 11.0. The molecule has 0 atom stereocenters. The van der Waals surface area contributed by atoms with Crippen LogP contribution in [0.3, 0.4) is 0 Å². The average molecular weight is 258 g/mol. The molecule has 2 heterocycles. The van der Waals surface area contributed by atoms with Crippen molar-refractivity contribution in [1.29, 1.82) is 0 Å². The first kappa shape index (κ1) is 20.2. The smallest absolute Gasteiger partial charge is 0.00484 e. The van der Waals surface area contributed by atoms with Crippen molar-refractivity contribution in [2.45, 2.75) is 67.9 Å². The minimum absolute atomic E-state index is 0. The molecule has 0 radical (unpaired) electrons. The molecule has 0 aromatic carbocycles. The largest absolute Gasteiger partial charge is 0.305 e. The van der Waals surface area contributed by atoms with Crippen molar-refractivity contribution in [3.8, 4) is 0 Å². The molecule has 18 heavy (non-hydrogen) atoms. The Morgan fingerprint density at radius 3 is 1.56 bits per heavy atom. The lowest BCUT2D eigenvalue weighted by molar-refractivity contribution is -0.0370. The lowest BCUT2D eigenvalue weighted by Crippen LogP contribution is -2.59. The standard InChI is InChI=1S/C11H22N2.2C2H6.CH4/c1-10(2)13-6-4-11(5-7-13)8-12(3)9-11;2*1-2;/h10H,4-9H2,1-3H3;2*1-2H3;1H4. The van der Waals surface area contributed by atoms with E-state index >= 15 is 0 Å². The van der Waals surface area contributed by atoms with Crippen LogP contribution < -0.4 is 0 Å². The first-order valence-electron chi connectivity index (χ1n) is 7.54. The number of likely N-dealkylation sites (tertiary alicyclic amines) is 2. The summed E-state index contributed by atoms with van der Waals surface area (Å²) in [4.78, 5) is 5.06. The number of nitrogens with zero attached hydrogens (tertiary/aromatic N) is 2. The molecule has 0 N–H and O–H groups in total. The van der Waals surface area contributed by atoms with Crippen LogP contribution in [0.2, 0.25) is 0 Å². The van der Waals surface area contributed by atoms with Crippen molar-refractivity contribution in [2.75, 3.05) is 33.2 Å². The van der Waals surface area contributed by atoms with E-state index in [0.717, 1.165) is 11.5 Å². The molecule has 1 spiro atoms. The van der Waals surface area contributed by atoms with Crippen molar-refractivity contribution in [3.63, 3.8) is 0 Å². The van der Waals surface area contributed by atoms with Gasteiger partial charge in [0.25, 0.3) is 0 Å². The maximum Gasteiger partial charge on any atom is 0.00484 e. The Labute approximate surface area is 117 Å². The topological polar surface area (TPSA) is 6.48 Å². The maximum absolute atomic E-state index is 2.61. The second-order valence-corrected chi connectivity index (χ2v) is 5.30. The average Bonchev–Trinajstić information content (AvgIpc) is 2.33. The molecule has 2 aliphatic heterocycles. The van der Waals surface area contributed by atoms with Crippen molar-refractivity contribution < 1.29 is 0 Å². The van der Waals surface area contributed by atoms with Gasteiger partial charge >= 0.3 is 0 Å². The molecule has 2 saturated heterocycles. The fourth-order valence-corrected chi connectivity index (χ4v) is 2.93. The highest BCUT2D eigenvalue weighted by atomic mass is 15.2. The minimum atomic E-state index is 0. The van der Waals surface area contributed by atoms with Gasteiger partial charge in [0.2, 0.25) is 0 Å². The lowest BCUT2D eigenvalue weighted by Gasteiger charge is -2.53. The van der Waals surface area contributed by atoms with Gasteiger partial charge in [-0.3, -0.25) is 0 Å². The quantitative estimate of drug-likeness (QED) is 0.698. The second-order valence-electron chi connectivity index (χ2n) is 5.30. The molecule has 2 aliphatic rings. The molecule has 0 unspecified atom stereocenters. The molecular weight excluding hydrogens is 220 g/mol. The van der Waals surface area contributed by atoms with E-state index in [1.54, 1.807) is 0 Å². The molecular formula is C16H38N2. The van der Waals surface area contributed by atoms with E-state index < -0.39 is 0 Å². The van der Waals surface area contributed by atoms with E-state index in [9.17, 15) is 0 Å². The number of rotatable bonds is 1. The van der Waals surface area contributed by atoms with E-state index in [1.807, 2.05) is 27.7 Å². The summed E-state index contributed by atoms with van der Waals surface area (Å²) >= 11 is 0. The van der Waals surface area contributed by atoms with Crippen LogP contribution in [0.1, 0.15) is 61.8 Å². The van der Waals surface area contributed by atoms with Gasteiger partial charge in [0.05, 0.1) is 0 Å². The molecule has 0 bridgehead atoms. The van der Waals surface area contributed by atoms with Crippen LogP contribution in [-0.2, 0) is 0 Å². The zero-order valence-corrected chi connectivity index (χ0v) is 13.2. The first-order valence-corrected chi connectivity index (χ1v) is 7.54. The van der Waals surface area contributed by atoms with E-state index in [-0.39, 0.29) is 7.43 Å². The van der Waals surface area contributed by atoms with Gasteiger partial charge in [0.15, 0.2) is 0 Å². The monoisotopic (exact) mass is 258 g/mol. The Morgan fingerprint density at radius 1 is 0.889 bits per heavy atom. The number of hydrogen-bond donors (Lipinski definition) is 0. The number of hydrogen-bond acceptors (Lipinski definition) is 2. The van der Waals surface area contributed by atoms with Gasteiger partial charge in [-0.25, -0.2) is 0 Å². The summed E-state index contributed by atoms with van der Waals surface area (Å²) in [6, 6.07) is 0.746. The Hall–Kier alpha value is -0.0800. The van der Waals surface area contributed by atoms with E-state index in [4.69, 9.17) is 0 Å². The first-order chi connectivity index (χ1) is 8.11. The summed E-state index contributed by atoms with van der Waals surface area (Å²) < 4.78 is 0. The summed E-state index contributed by atoms with van der Waals surface area (Å²) in [5, 5.41) is 0. The third-order valence-corrected chi connectivity index (χ3v) is 3.80. The van der Waals surface area contributed by atoms with Crippen LogP contribution in [0.5, 0.6) is 0 Å². The van der Waals surface area contributed by atoms with Gasteiger partial charge in [-0.1, -0.05) is 35.1 Å². The van der Waals surface area contributed by atoms with Crippen molar-refractivity contribution in [2.24, 2.45) is 5.41 Å². The van der Waals surface area contributed by atoms with E-state index in [0.29, 0.717) is 0 Å². The summed E-state index contributed by atoms with van der Waals surface area (Å²) in [7, 11) is 2.24. The summed E-state index contributed by atoms with van der Waals surface area (Å²) in [6.45, 7) is 18.0. The molecule has 0 aliphatic carbocycles. The van der Waals surface area contributed by atoms with Gasteiger partial charge in [0, 0.05) is 19.1 Å². The lowest BCUT2D eigenvalue weighted by atomic mass is 9.72. The van der Waals surface area contributed by atoms with Crippen molar-refractivity contribution in [3.05, 3.63) is 0 Å². The fourth-order valence-electron chi connectivity index (χ4n) is 2.93. The Morgan fingerprint density at radius 2 is 1.28 bits per heavy atom. The van der Waals surface area contributed by atoms with E-state index in [2.05, 4.69) is 30.7 Å². The zero-order chi connectivity index (χ0) is 13.5. The second kappa shape index (κ2) is 9.80. The number of piperidine rings is 1. The molecule has 2 nitrogen and oxygen atoms in total. The highest BCUT2D eigenvalue weighted by Crippen LogP contribution is 2.39. The van der Waals surface area contributed by atoms with Crippen LogP contribution in [0.15, 0.2) is 0 Å². The van der Waals surface area contributed by atoms with Gasteiger partial charge in [-0.05, 0) is 52.2 Å². The van der Waals surface area contributed by atoms with Crippen LogP contribution in [0, 0.1) is 5.41 Å². The third kappa shape index (κ3) is 5.27. The van der Waals surface area contributed by atoms with Crippen LogP contribution >= 0.6 is 0 Å². The van der Waals surface area contributed by atoms with Crippen molar-refractivity contribution in [1.82, 2.24) is 9.80 Å². The summed E-state index contributed by atoms with van der Waals surface area (Å²) in [6.07, 6.45) is 2.85. The van der Waals surface area contributed by atoms with Gasteiger partial charge in [-0.15, -0.1) is 0 Å². The van der Waals surface area contributed by atoms with Crippen LogP contribution in [-0.4, -0.2) is 49.1 Å². The Balaban J connectivity index is 0. The van der Waals surface area contributed by atoms with E-state index in [1.165, 1.54) is 39.0 Å². The van der Waals surface area contributed by atoms with Crippen LogP contribution in [0.25, 0.3) is 0 Å². The summed E-state index contributed by atoms with van der Waals surface area (Å²) in [5.41, 5.74) is 0.722. The zero-order valence-electron chi connectivity index (χ0n) is 13.2. The maximum atomic E-state index is 2.61. The van der Waals surface area contributed by atoms with Crippen LogP contribution in [0.4, 0.5) is 0 Å². The fraction of sp³-hybridized carbons (Fsp3) is 1.00. The van der Waals surface area contributed by atoms with Gasteiger partial charge in [-0.2, -0.15) is 0 Å². The molecule has 2 rings (SSSR count). The highest BCUT2D eigenvalue weighted by Gasteiger charge is 2.43. The molecule has 0 aromatic rings. The molecule has 112 valence electrons. The SMILES string of the molecule is C.CC.CC.CC(C)N1CCC2(CC1)CN(C)C2. The molecule has 0 aromatic heterocycles. The van der Waals surface area contributed by atoms with Gasteiger partial charge in [0.1, 0.15) is 0 Å². The normalized spacial score (nSPS) is 22.0. The minimum Gasteiger partial charge on any atom is -0.305 e. The highest BCUT2D eigenvalue weighted by molar-refractivity contribution is 4.97. The molecule has 2 heteroatoms. The molecule has 0 saturated carbocycles. The predicted molar refractivity (Wildman–Crippen MR) is 85.3 cm³/mol. The third-order valence-electron chi connectivity index (χ3n) is 3.80. The Bertz CT molecular complexity index is 174. The molecule has 0 amide bonds. The molecule has 2 fully saturated rings.